The lowest BCUT2D eigenvalue weighted by molar-refractivity contribution is -0.137. The number of hydrogen-bond donors (Lipinski definition) is 1. The second-order valence-corrected chi connectivity index (χ2v) is 7.83. The highest BCUT2D eigenvalue weighted by molar-refractivity contribution is 6.39. The summed E-state index contributed by atoms with van der Waals surface area (Å²) in [6, 6.07) is 5.77. The molecule has 8 nitrogen and oxygen atoms in total. The van der Waals surface area contributed by atoms with Gasteiger partial charge in [-0.3, -0.25) is 9.78 Å². The molecule has 0 unspecified atom stereocenters. The van der Waals surface area contributed by atoms with Crippen molar-refractivity contribution in [2.75, 3.05) is 19.5 Å². The fraction of sp³-hybridized carbons (Fsp3) is 0.217. The molecule has 4 rings (SSSR count). The van der Waals surface area contributed by atoms with Gasteiger partial charge in [0.15, 0.2) is 17.1 Å². The number of pyridine rings is 2. The summed E-state index contributed by atoms with van der Waals surface area (Å²) in [4.78, 5) is 21.5. The third-order valence-corrected chi connectivity index (χ3v) is 5.65. The number of hydrogen-bond acceptors (Lipinski definition) is 6. The minimum atomic E-state index is -4.47. The van der Waals surface area contributed by atoms with Crippen LogP contribution in [0.5, 0.6) is 11.5 Å². The van der Waals surface area contributed by atoms with E-state index in [4.69, 9.17) is 21.1 Å². The van der Waals surface area contributed by atoms with Gasteiger partial charge in [-0.25, -0.2) is 9.67 Å². The average Bonchev–Trinajstić information content (AvgIpc) is 3.14. The maximum Gasteiger partial charge on any atom is 0.416 e. The topological polar surface area (TPSA) is 91.2 Å². The van der Waals surface area contributed by atoms with E-state index in [1.165, 1.54) is 32.5 Å². The molecule has 35 heavy (non-hydrogen) atoms. The van der Waals surface area contributed by atoms with E-state index in [1.807, 2.05) is 0 Å². The minimum absolute atomic E-state index is 0.0544. The van der Waals surface area contributed by atoms with Crippen LogP contribution in [-0.2, 0) is 12.7 Å². The Morgan fingerprint density at radius 1 is 1.11 bits per heavy atom. The maximum absolute atomic E-state index is 12.8. The Morgan fingerprint density at radius 2 is 1.83 bits per heavy atom. The molecule has 0 saturated carbocycles. The molecular weight excluding hydrogens is 487 g/mol. The Balaban J connectivity index is 1.64. The first kappa shape index (κ1) is 24.3. The highest BCUT2D eigenvalue weighted by Crippen LogP contribution is 2.33. The number of benzene rings is 1. The zero-order valence-electron chi connectivity index (χ0n) is 18.8. The number of amides is 1. The molecule has 12 heteroatoms. The number of halogens is 4. The number of nitrogens with zero attached hydrogens (tertiary/aromatic N) is 4. The van der Waals surface area contributed by atoms with Crippen LogP contribution in [-0.4, -0.2) is 39.9 Å². The SMILES string of the molecule is COc1ccnc(Cn2nc(C)c3c(Cl)c(C(=O)Nc4ccc(C(F)(F)F)cc4)cnc32)c1OC. The number of ether oxygens (including phenoxy) is 2. The second kappa shape index (κ2) is 9.41. The van der Waals surface area contributed by atoms with Crippen molar-refractivity contribution in [1.29, 1.82) is 0 Å². The molecule has 0 atom stereocenters. The average molecular weight is 506 g/mol. The lowest BCUT2D eigenvalue weighted by Gasteiger charge is -2.12. The lowest BCUT2D eigenvalue weighted by Crippen LogP contribution is -2.14. The van der Waals surface area contributed by atoms with Gasteiger partial charge in [-0.1, -0.05) is 11.6 Å². The number of aromatic nitrogens is 4. The fourth-order valence-electron chi connectivity index (χ4n) is 3.59. The normalized spacial score (nSPS) is 11.5. The van der Waals surface area contributed by atoms with Gasteiger partial charge < -0.3 is 14.8 Å². The van der Waals surface area contributed by atoms with Crippen molar-refractivity contribution in [3.8, 4) is 11.5 Å². The maximum atomic E-state index is 12.8. The number of carbonyl (C=O) groups is 1. The van der Waals surface area contributed by atoms with E-state index in [9.17, 15) is 18.0 Å². The van der Waals surface area contributed by atoms with E-state index in [1.54, 1.807) is 23.9 Å². The Kier molecular flexibility index (Phi) is 6.53. The summed E-state index contributed by atoms with van der Waals surface area (Å²) in [6.45, 7) is 1.92. The Bertz CT molecular complexity index is 1400. The van der Waals surface area contributed by atoms with E-state index < -0.39 is 17.6 Å². The van der Waals surface area contributed by atoms with E-state index in [0.29, 0.717) is 33.9 Å². The van der Waals surface area contributed by atoms with E-state index in [-0.39, 0.29) is 22.8 Å². The summed E-state index contributed by atoms with van der Waals surface area (Å²) in [5.41, 5.74) is 0.926. The highest BCUT2D eigenvalue weighted by Gasteiger charge is 2.30. The van der Waals surface area contributed by atoms with E-state index >= 15 is 0 Å². The molecule has 1 amide bonds. The molecule has 0 spiro atoms. The van der Waals surface area contributed by atoms with Crippen LogP contribution < -0.4 is 14.8 Å². The van der Waals surface area contributed by atoms with Crippen LogP contribution in [0.15, 0.2) is 42.7 Å². The lowest BCUT2D eigenvalue weighted by atomic mass is 10.1. The summed E-state index contributed by atoms with van der Waals surface area (Å²) < 4.78 is 50.6. The van der Waals surface area contributed by atoms with Crippen molar-refractivity contribution in [3.05, 3.63) is 70.3 Å². The smallest absolute Gasteiger partial charge is 0.416 e. The summed E-state index contributed by atoms with van der Waals surface area (Å²) >= 11 is 6.55. The molecule has 0 aliphatic heterocycles. The number of nitrogens with one attached hydrogen (secondary N) is 1. The zero-order chi connectivity index (χ0) is 25.3. The molecule has 0 fully saturated rings. The first-order valence-corrected chi connectivity index (χ1v) is 10.6. The van der Waals surface area contributed by atoms with Crippen LogP contribution in [0.4, 0.5) is 18.9 Å². The summed E-state index contributed by atoms with van der Waals surface area (Å²) in [6.07, 6.45) is -1.60. The quantitative estimate of drug-likeness (QED) is 0.391. The summed E-state index contributed by atoms with van der Waals surface area (Å²) in [5.74, 6) is 0.348. The van der Waals surface area contributed by atoms with Crippen molar-refractivity contribution >= 4 is 34.2 Å². The van der Waals surface area contributed by atoms with Gasteiger partial charge in [0.1, 0.15) is 5.69 Å². The molecule has 0 radical (unpaired) electrons. The van der Waals surface area contributed by atoms with Crippen LogP contribution in [0.2, 0.25) is 5.02 Å². The Hall–Kier alpha value is -3.86. The van der Waals surface area contributed by atoms with Gasteiger partial charge in [0, 0.05) is 24.1 Å². The van der Waals surface area contributed by atoms with Crippen LogP contribution in [0.1, 0.15) is 27.3 Å². The van der Waals surface area contributed by atoms with Crippen molar-refractivity contribution in [2.24, 2.45) is 0 Å². The number of fused-ring (bicyclic) bond motifs is 1. The van der Waals surface area contributed by atoms with Gasteiger partial charge >= 0.3 is 6.18 Å². The van der Waals surface area contributed by atoms with Crippen LogP contribution in [0.25, 0.3) is 11.0 Å². The van der Waals surface area contributed by atoms with Crippen molar-refractivity contribution in [1.82, 2.24) is 19.7 Å². The van der Waals surface area contributed by atoms with E-state index in [2.05, 4.69) is 20.4 Å². The molecule has 3 heterocycles. The minimum Gasteiger partial charge on any atom is -0.493 e. The summed E-state index contributed by atoms with van der Waals surface area (Å²) in [5, 5.41) is 7.61. The van der Waals surface area contributed by atoms with Gasteiger partial charge in [0.25, 0.3) is 5.91 Å². The largest absolute Gasteiger partial charge is 0.493 e. The Morgan fingerprint density at radius 3 is 2.46 bits per heavy atom. The molecule has 1 aromatic carbocycles. The molecule has 3 aromatic heterocycles. The van der Waals surface area contributed by atoms with Crippen LogP contribution in [0.3, 0.4) is 0 Å². The predicted molar refractivity (Wildman–Crippen MR) is 123 cm³/mol. The number of anilines is 1. The highest BCUT2D eigenvalue weighted by atomic mass is 35.5. The third-order valence-electron chi connectivity index (χ3n) is 5.25. The Labute approximate surface area is 202 Å². The first-order chi connectivity index (χ1) is 16.6. The number of aryl methyl sites for hydroxylation is 1. The van der Waals surface area contributed by atoms with Gasteiger partial charge in [-0.2, -0.15) is 18.3 Å². The molecule has 0 saturated heterocycles. The third kappa shape index (κ3) is 4.72. The van der Waals surface area contributed by atoms with Crippen molar-refractivity contribution in [2.45, 2.75) is 19.6 Å². The van der Waals surface area contributed by atoms with Crippen LogP contribution >= 0.6 is 11.6 Å². The first-order valence-electron chi connectivity index (χ1n) is 10.2. The van der Waals surface area contributed by atoms with Gasteiger partial charge in [0.05, 0.1) is 48.0 Å². The molecule has 1 N–H and O–H groups in total. The van der Waals surface area contributed by atoms with Gasteiger partial charge in [0.2, 0.25) is 0 Å². The number of rotatable bonds is 6. The predicted octanol–water partition coefficient (Wildman–Crippen LogP) is 5.12. The molecule has 0 bridgehead atoms. The van der Waals surface area contributed by atoms with Gasteiger partial charge in [-0.05, 0) is 31.2 Å². The van der Waals surface area contributed by atoms with E-state index in [0.717, 1.165) is 12.1 Å². The molecule has 0 aliphatic rings. The number of carbonyl (C=O) groups excluding carboxylic acids is 1. The second-order valence-electron chi connectivity index (χ2n) is 7.45. The zero-order valence-corrected chi connectivity index (χ0v) is 19.5. The number of alkyl halides is 3. The van der Waals surface area contributed by atoms with Gasteiger partial charge in [-0.15, -0.1) is 0 Å². The fourth-order valence-corrected chi connectivity index (χ4v) is 3.94. The molecular formula is C23H19ClF3N5O3. The molecule has 4 aromatic rings. The van der Waals surface area contributed by atoms with Crippen LogP contribution in [0, 0.1) is 6.92 Å². The monoisotopic (exact) mass is 505 g/mol. The molecule has 0 aliphatic carbocycles. The standard InChI is InChI=1S/C23H19ClF3N5O3/c1-12-18-19(24)15(22(33)30-14-6-4-13(5-7-14)23(25,26)27)10-29-21(18)32(31-12)11-16-20(35-3)17(34-2)8-9-28-16/h4-10H,11H2,1-3H3,(H,30,33). The summed E-state index contributed by atoms with van der Waals surface area (Å²) in [7, 11) is 3.03. The number of methoxy groups -OCH3 is 2. The van der Waals surface area contributed by atoms with Crippen molar-refractivity contribution in [3.63, 3.8) is 0 Å². The molecule has 182 valence electrons. The van der Waals surface area contributed by atoms with Crippen molar-refractivity contribution < 1.29 is 27.4 Å².